The first-order valence-corrected chi connectivity index (χ1v) is 9.95. The largest absolute Gasteiger partial charge is 0.361 e. The Labute approximate surface area is 149 Å². The molecular formula is C22H38O2. The molecule has 0 amide bonds. The number of unbranched alkanes of at least 4 members (excludes halogenated alkanes) is 6. The van der Waals surface area contributed by atoms with Crippen LogP contribution in [-0.4, -0.2) is 18.0 Å². The van der Waals surface area contributed by atoms with E-state index in [2.05, 4.69) is 39.8 Å². The molecule has 2 heteroatoms. The highest BCUT2D eigenvalue weighted by atomic mass is 16.6. The Morgan fingerprint density at radius 2 is 1.71 bits per heavy atom. The monoisotopic (exact) mass is 334 g/mol. The van der Waals surface area contributed by atoms with Crippen LogP contribution < -0.4 is 0 Å². The summed E-state index contributed by atoms with van der Waals surface area (Å²) in [6.45, 7) is 8.93. The summed E-state index contributed by atoms with van der Waals surface area (Å²) < 4.78 is 5.51. The molecular weight excluding hydrogens is 296 g/mol. The summed E-state index contributed by atoms with van der Waals surface area (Å²) in [5.74, 6) is 0.137. The fourth-order valence-electron chi connectivity index (χ4n) is 2.80. The van der Waals surface area contributed by atoms with Crippen LogP contribution in [0.1, 0.15) is 91.9 Å². The molecule has 138 valence electrons. The topological polar surface area (TPSA) is 29.6 Å². The quantitative estimate of drug-likeness (QED) is 0.169. The fraction of sp³-hybridized carbons (Fsp3) is 0.773. The van der Waals surface area contributed by atoms with Gasteiger partial charge in [0.25, 0.3) is 0 Å². The van der Waals surface area contributed by atoms with Gasteiger partial charge in [0.05, 0.1) is 6.10 Å². The second kappa shape index (κ2) is 11.6. The zero-order chi connectivity index (χ0) is 17.8. The minimum Gasteiger partial charge on any atom is -0.361 e. The highest BCUT2D eigenvalue weighted by molar-refractivity contribution is 5.95. The average Bonchev–Trinajstić information content (AvgIpc) is 3.29. The molecule has 1 aliphatic rings. The van der Waals surface area contributed by atoms with Crippen LogP contribution in [0, 0.1) is 5.41 Å². The van der Waals surface area contributed by atoms with Crippen molar-refractivity contribution < 1.29 is 9.53 Å². The third kappa shape index (κ3) is 10.8. The van der Waals surface area contributed by atoms with Gasteiger partial charge >= 0.3 is 0 Å². The molecule has 0 N–H and O–H groups in total. The Kier molecular flexibility index (Phi) is 10.2. The van der Waals surface area contributed by atoms with E-state index < -0.39 is 0 Å². The van der Waals surface area contributed by atoms with Gasteiger partial charge in [-0.05, 0) is 43.6 Å². The molecule has 1 rings (SSSR count). The Hall–Kier alpha value is -0.890. The van der Waals surface area contributed by atoms with Gasteiger partial charge in [0.1, 0.15) is 6.10 Å². The molecule has 24 heavy (non-hydrogen) atoms. The SMILES string of the molecule is CCCCCCCC/C=C\C/C=C\C(=O)C1OC1CCC(C)(C)C. The summed E-state index contributed by atoms with van der Waals surface area (Å²) >= 11 is 0. The minimum atomic E-state index is -0.171. The van der Waals surface area contributed by atoms with Crippen molar-refractivity contribution in [1.82, 2.24) is 0 Å². The second-order valence-electron chi connectivity index (χ2n) is 8.26. The lowest BCUT2D eigenvalue weighted by Gasteiger charge is -2.16. The molecule has 0 aromatic rings. The van der Waals surface area contributed by atoms with Crippen molar-refractivity contribution in [2.24, 2.45) is 5.41 Å². The molecule has 1 aliphatic heterocycles. The zero-order valence-electron chi connectivity index (χ0n) is 16.4. The van der Waals surface area contributed by atoms with Crippen molar-refractivity contribution in [2.75, 3.05) is 0 Å². The molecule has 0 aliphatic carbocycles. The van der Waals surface area contributed by atoms with Crippen molar-refractivity contribution >= 4 is 5.78 Å². The number of carbonyl (C=O) groups is 1. The Morgan fingerprint density at radius 1 is 1.00 bits per heavy atom. The van der Waals surface area contributed by atoms with E-state index in [1.807, 2.05) is 6.08 Å². The van der Waals surface area contributed by atoms with Crippen LogP contribution in [0.2, 0.25) is 0 Å². The van der Waals surface area contributed by atoms with Gasteiger partial charge in [0.2, 0.25) is 0 Å². The Bertz CT molecular complexity index is 401. The summed E-state index contributed by atoms with van der Waals surface area (Å²) in [6, 6.07) is 0. The number of rotatable bonds is 13. The highest BCUT2D eigenvalue weighted by Gasteiger charge is 2.43. The van der Waals surface area contributed by atoms with E-state index in [9.17, 15) is 4.79 Å². The van der Waals surface area contributed by atoms with E-state index in [0.717, 1.165) is 25.7 Å². The lowest BCUT2D eigenvalue weighted by molar-refractivity contribution is -0.115. The van der Waals surface area contributed by atoms with Crippen molar-refractivity contribution in [3.05, 3.63) is 24.3 Å². The molecule has 2 unspecified atom stereocenters. The van der Waals surface area contributed by atoms with E-state index >= 15 is 0 Å². The molecule has 0 saturated carbocycles. The lowest BCUT2D eigenvalue weighted by atomic mass is 9.89. The van der Waals surface area contributed by atoms with Gasteiger partial charge in [0.15, 0.2) is 5.78 Å². The molecule has 0 bridgehead atoms. The minimum absolute atomic E-state index is 0.137. The van der Waals surface area contributed by atoms with E-state index in [0.29, 0.717) is 5.41 Å². The van der Waals surface area contributed by atoms with E-state index in [4.69, 9.17) is 4.74 Å². The predicted octanol–water partition coefficient (Wildman–Crippen LogP) is 6.40. The molecule has 1 saturated heterocycles. The summed E-state index contributed by atoms with van der Waals surface area (Å²) in [6.07, 6.45) is 20.2. The first-order valence-electron chi connectivity index (χ1n) is 9.95. The number of carbonyl (C=O) groups excluding carboxylic acids is 1. The number of ether oxygens (including phenoxy) is 1. The molecule has 0 radical (unpaired) electrons. The first kappa shape index (κ1) is 21.2. The van der Waals surface area contributed by atoms with Crippen LogP contribution in [0.25, 0.3) is 0 Å². The Morgan fingerprint density at radius 3 is 2.42 bits per heavy atom. The maximum absolute atomic E-state index is 12.0. The van der Waals surface area contributed by atoms with Gasteiger partial charge in [-0.25, -0.2) is 0 Å². The van der Waals surface area contributed by atoms with Gasteiger partial charge < -0.3 is 4.74 Å². The van der Waals surface area contributed by atoms with Crippen LogP contribution in [-0.2, 0) is 9.53 Å². The fourth-order valence-corrected chi connectivity index (χ4v) is 2.80. The van der Waals surface area contributed by atoms with E-state index in [-0.39, 0.29) is 18.0 Å². The zero-order valence-corrected chi connectivity index (χ0v) is 16.4. The number of hydrogen-bond donors (Lipinski definition) is 0. The normalized spacial score (nSPS) is 21.0. The molecule has 1 heterocycles. The van der Waals surface area contributed by atoms with Crippen molar-refractivity contribution in [3.8, 4) is 0 Å². The molecule has 0 spiro atoms. The van der Waals surface area contributed by atoms with E-state index in [1.54, 1.807) is 6.08 Å². The van der Waals surface area contributed by atoms with Crippen LogP contribution in [0.5, 0.6) is 0 Å². The number of hydrogen-bond acceptors (Lipinski definition) is 2. The average molecular weight is 335 g/mol. The van der Waals surface area contributed by atoms with Crippen molar-refractivity contribution in [2.45, 2.75) is 104 Å². The maximum atomic E-state index is 12.0. The molecule has 0 aromatic heterocycles. The highest BCUT2D eigenvalue weighted by Crippen LogP contribution is 2.32. The van der Waals surface area contributed by atoms with Gasteiger partial charge in [-0.2, -0.15) is 0 Å². The van der Waals surface area contributed by atoms with Crippen LogP contribution in [0.3, 0.4) is 0 Å². The van der Waals surface area contributed by atoms with Crippen molar-refractivity contribution in [1.29, 1.82) is 0 Å². The third-order valence-electron chi connectivity index (χ3n) is 4.49. The molecule has 2 nitrogen and oxygen atoms in total. The van der Waals surface area contributed by atoms with E-state index in [1.165, 1.54) is 38.5 Å². The number of epoxide rings is 1. The molecule has 2 atom stereocenters. The molecule has 1 fully saturated rings. The third-order valence-corrected chi connectivity index (χ3v) is 4.49. The maximum Gasteiger partial charge on any atom is 0.186 e. The van der Waals surface area contributed by atoms with Crippen LogP contribution in [0.15, 0.2) is 24.3 Å². The smallest absolute Gasteiger partial charge is 0.186 e. The van der Waals surface area contributed by atoms with Gasteiger partial charge in [-0.1, -0.05) is 78.0 Å². The van der Waals surface area contributed by atoms with Gasteiger partial charge in [-0.15, -0.1) is 0 Å². The summed E-state index contributed by atoms with van der Waals surface area (Å²) in [4.78, 5) is 12.0. The first-order chi connectivity index (χ1) is 11.4. The van der Waals surface area contributed by atoms with Gasteiger partial charge in [0, 0.05) is 0 Å². The van der Waals surface area contributed by atoms with Crippen molar-refractivity contribution in [3.63, 3.8) is 0 Å². The number of allylic oxidation sites excluding steroid dienone is 3. The lowest BCUT2D eigenvalue weighted by Crippen LogP contribution is -2.10. The number of ketones is 1. The summed E-state index contributed by atoms with van der Waals surface area (Å²) in [5, 5.41) is 0. The predicted molar refractivity (Wildman–Crippen MR) is 103 cm³/mol. The van der Waals surface area contributed by atoms with Crippen LogP contribution in [0.4, 0.5) is 0 Å². The second-order valence-corrected chi connectivity index (χ2v) is 8.26. The van der Waals surface area contributed by atoms with Gasteiger partial charge in [-0.3, -0.25) is 4.79 Å². The standard InChI is InChI=1S/C22H38O2/c1-5-6-7-8-9-10-11-12-13-14-15-16-19(23)21-20(24-21)17-18-22(2,3)4/h12-13,15-16,20-21H,5-11,14,17-18H2,1-4H3/b13-12-,16-15-. The summed E-state index contributed by atoms with van der Waals surface area (Å²) in [5.41, 5.74) is 0.316. The Balaban J connectivity index is 2.01. The van der Waals surface area contributed by atoms with Crippen LogP contribution >= 0.6 is 0 Å². The summed E-state index contributed by atoms with van der Waals surface area (Å²) in [7, 11) is 0. The molecule has 0 aromatic carbocycles.